The van der Waals surface area contributed by atoms with Gasteiger partial charge in [0.15, 0.2) is 5.16 Å². The molecular formula is C19H18N6OS2. The lowest BCUT2D eigenvalue weighted by Gasteiger charge is -2.09. The Labute approximate surface area is 169 Å². The zero-order chi connectivity index (χ0) is 19.1. The van der Waals surface area contributed by atoms with Gasteiger partial charge in [-0.25, -0.2) is 4.98 Å². The summed E-state index contributed by atoms with van der Waals surface area (Å²) in [5, 5.41) is 15.1. The molecule has 3 aromatic heterocycles. The van der Waals surface area contributed by atoms with Crippen molar-refractivity contribution >= 4 is 28.1 Å². The van der Waals surface area contributed by atoms with Crippen LogP contribution in [0, 0.1) is 6.92 Å². The molecule has 0 aliphatic heterocycles. The van der Waals surface area contributed by atoms with E-state index in [1.54, 1.807) is 11.8 Å². The van der Waals surface area contributed by atoms with Crippen LogP contribution in [-0.4, -0.2) is 29.4 Å². The summed E-state index contributed by atoms with van der Waals surface area (Å²) in [6.07, 6.45) is 2.37. The van der Waals surface area contributed by atoms with Crippen LogP contribution in [0.1, 0.15) is 40.8 Å². The number of nitrogens with zero attached hydrogens (tertiary/aromatic N) is 6. The maximum atomic E-state index is 12.1. The van der Waals surface area contributed by atoms with Gasteiger partial charge >= 0.3 is 0 Å². The van der Waals surface area contributed by atoms with Gasteiger partial charge in [-0.05, 0) is 25.3 Å². The number of benzene rings is 1. The molecule has 4 aromatic rings. The van der Waals surface area contributed by atoms with Crippen LogP contribution in [0.4, 0.5) is 0 Å². The van der Waals surface area contributed by atoms with Gasteiger partial charge in [-0.1, -0.05) is 53.4 Å². The summed E-state index contributed by atoms with van der Waals surface area (Å²) >= 11 is 3.05. The van der Waals surface area contributed by atoms with Crippen molar-refractivity contribution in [3.05, 3.63) is 68.8 Å². The average Bonchev–Trinajstić information content (AvgIpc) is 3.32. The maximum absolute atomic E-state index is 12.1. The first-order valence-electron chi connectivity index (χ1n) is 9.13. The topological polar surface area (TPSA) is 78.0 Å². The third-order valence-electron chi connectivity index (χ3n) is 4.61. The largest absolute Gasteiger partial charge is 0.301 e. The number of fused-ring (bicyclic) bond motifs is 1. The van der Waals surface area contributed by atoms with Crippen LogP contribution in [0.3, 0.4) is 0 Å². The van der Waals surface area contributed by atoms with Crippen LogP contribution in [0.25, 0.3) is 4.96 Å². The predicted octanol–water partition coefficient (Wildman–Crippen LogP) is 3.27. The molecule has 0 N–H and O–H groups in total. The molecule has 0 spiro atoms. The Morgan fingerprint density at radius 1 is 1.21 bits per heavy atom. The van der Waals surface area contributed by atoms with E-state index in [1.165, 1.54) is 40.3 Å². The summed E-state index contributed by atoms with van der Waals surface area (Å²) in [7, 11) is 0. The molecule has 0 bridgehead atoms. The number of thioether (sulfide) groups is 1. The van der Waals surface area contributed by atoms with Crippen molar-refractivity contribution < 1.29 is 0 Å². The van der Waals surface area contributed by atoms with Crippen molar-refractivity contribution in [1.29, 1.82) is 0 Å². The van der Waals surface area contributed by atoms with Crippen molar-refractivity contribution in [3.63, 3.8) is 0 Å². The molecule has 1 fully saturated rings. The van der Waals surface area contributed by atoms with E-state index in [9.17, 15) is 4.79 Å². The molecule has 7 nitrogen and oxygen atoms in total. The number of hydrogen-bond acceptors (Lipinski definition) is 7. The molecule has 1 aromatic carbocycles. The van der Waals surface area contributed by atoms with E-state index in [1.807, 2.05) is 13.0 Å². The minimum Gasteiger partial charge on any atom is -0.301 e. The fourth-order valence-electron chi connectivity index (χ4n) is 3.11. The van der Waals surface area contributed by atoms with Crippen LogP contribution >= 0.6 is 23.1 Å². The van der Waals surface area contributed by atoms with Crippen LogP contribution in [0.15, 0.2) is 46.3 Å². The highest BCUT2D eigenvalue weighted by molar-refractivity contribution is 7.98. The van der Waals surface area contributed by atoms with Crippen molar-refractivity contribution in [2.75, 3.05) is 0 Å². The second kappa shape index (κ2) is 7.14. The van der Waals surface area contributed by atoms with E-state index in [4.69, 9.17) is 0 Å². The smallest absolute Gasteiger partial charge is 0.275 e. The Morgan fingerprint density at radius 3 is 2.82 bits per heavy atom. The molecular weight excluding hydrogens is 392 g/mol. The van der Waals surface area contributed by atoms with Crippen molar-refractivity contribution in [3.8, 4) is 0 Å². The molecule has 0 radical (unpaired) electrons. The summed E-state index contributed by atoms with van der Waals surface area (Å²) in [5.41, 5.74) is 1.81. The highest BCUT2D eigenvalue weighted by Crippen LogP contribution is 2.40. The van der Waals surface area contributed by atoms with E-state index in [0.717, 1.165) is 22.5 Å². The highest BCUT2D eigenvalue weighted by Gasteiger charge is 2.30. The van der Waals surface area contributed by atoms with Gasteiger partial charge in [-0.3, -0.25) is 4.79 Å². The van der Waals surface area contributed by atoms with Gasteiger partial charge in [0, 0.05) is 17.7 Å². The van der Waals surface area contributed by atoms with Gasteiger partial charge in [0.1, 0.15) is 10.8 Å². The summed E-state index contributed by atoms with van der Waals surface area (Å²) in [5.74, 6) is 2.23. The van der Waals surface area contributed by atoms with Gasteiger partial charge < -0.3 is 4.57 Å². The van der Waals surface area contributed by atoms with Crippen LogP contribution < -0.4 is 5.56 Å². The van der Waals surface area contributed by atoms with Crippen LogP contribution in [0.2, 0.25) is 0 Å². The fraction of sp³-hybridized carbons (Fsp3) is 0.316. The highest BCUT2D eigenvalue weighted by atomic mass is 32.2. The Bertz CT molecular complexity index is 1190. The predicted molar refractivity (Wildman–Crippen MR) is 109 cm³/mol. The molecule has 0 unspecified atom stereocenters. The van der Waals surface area contributed by atoms with E-state index in [2.05, 4.69) is 49.1 Å². The zero-order valence-electron chi connectivity index (χ0n) is 15.3. The molecule has 1 aliphatic rings. The van der Waals surface area contributed by atoms with Crippen molar-refractivity contribution in [2.45, 2.75) is 43.1 Å². The second-order valence-corrected chi connectivity index (χ2v) is 8.88. The third-order valence-corrected chi connectivity index (χ3v) is 6.68. The Morgan fingerprint density at radius 2 is 2.04 bits per heavy atom. The Balaban J connectivity index is 1.41. The minimum absolute atomic E-state index is 0.140. The normalized spacial score (nSPS) is 14.0. The van der Waals surface area contributed by atoms with E-state index >= 15 is 0 Å². The van der Waals surface area contributed by atoms with Crippen LogP contribution in [-0.2, 0) is 12.3 Å². The van der Waals surface area contributed by atoms with Gasteiger partial charge in [0.2, 0.25) is 4.96 Å². The molecule has 3 heterocycles. The Kier molecular flexibility index (Phi) is 4.48. The van der Waals surface area contributed by atoms with Crippen LogP contribution in [0.5, 0.6) is 0 Å². The lowest BCUT2D eigenvalue weighted by Crippen LogP contribution is -2.14. The zero-order valence-corrected chi connectivity index (χ0v) is 16.9. The third kappa shape index (κ3) is 3.47. The molecule has 5 rings (SSSR count). The first-order valence-corrected chi connectivity index (χ1v) is 10.9. The Hall–Kier alpha value is -2.52. The SMILES string of the molecule is Cc1cc(=O)n2nc(CSc3nnc(C4CC4)n3Cc3ccccc3)sc2n1. The van der Waals surface area contributed by atoms with E-state index in [0.29, 0.717) is 22.3 Å². The van der Waals surface area contributed by atoms with E-state index < -0.39 is 0 Å². The molecule has 142 valence electrons. The summed E-state index contributed by atoms with van der Waals surface area (Å²) in [6, 6.07) is 11.9. The van der Waals surface area contributed by atoms with Crippen molar-refractivity contribution in [1.82, 2.24) is 29.4 Å². The summed E-state index contributed by atoms with van der Waals surface area (Å²) < 4.78 is 3.59. The number of aromatic nitrogens is 6. The number of rotatable bonds is 6. The van der Waals surface area contributed by atoms with Gasteiger partial charge in [0.25, 0.3) is 5.56 Å². The maximum Gasteiger partial charge on any atom is 0.275 e. The molecule has 1 saturated carbocycles. The molecule has 28 heavy (non-hydrogen) atoms. The van der Waals surface area contributed by atoms with E-state index in [-0.39, 0.29) is 5.56 Å². The summed E-state index contributed by atoms with van der Waals surface area (Å²) in [4.78, 5) is 17.1. The number of aryl methyl sites for hydroxylation is 1. The first-order chi connectivity index (χ1) is 13.7. The van der Waals surface area contributed by atoms with Crippen molar-refractivity contribution in [2.24, 2.45) is 0 Å². The molecule has 0 atom stereocenters. The van der Waals surface area contributed by atoms with Gasteiger partial charge in [-0.15, -0.1) is 10.2 Å². The molecule has 0 saturated heterocycles. The molecule has 0 amide bonds. The lowest BCUT2D eigenvalue weighted by molar-refractivity contribution is 0.667. The summed E-state index contributed by atoms with van der Waals surface area (Å²) in [6.45, 7) is 2.59. The molecule has 9 heteroatoms. The van der Waals surface area contributed by atoms with Gasteiger partial charge in [-0.2, -0.15) is 9.61 Å². The first kappa shape index (κ1) is 17.6. The quantitative estimate of drug-likeness (QED) is 0.454. The van der Waals surface area contributed by atoms with Gasteiger partial charge in [0.05, 0.1) is 12.3 Å². The second-order valence-electron chi connectivity index (χ2n) is 6.90. The fourth-order valence-corrected chi connectivity index (χ4v) is 4.98. The standard InChI is InChI=1S/C19H18N6OS2/c1-12-9-16(26)25-18(20-12)28-15(23-25)11-27-19-22-21-17(14-7-8-14)24(19)10-13-5-3-2-4-6-13/h2-6,9,14H,7-8,10-11H2,1H3. The minimum atomic E-state index is -0.140. The lowest BCUT2D eigenvalue weighted by atomic mass is 10.2. The monoisotopic (exact) mass is 410 g/mol. The molecule has 1 aliphatic carbocycles. The number of hydrogen-bond donors (Lipinski definition) is 0. The average molecular weight is 411 g/mol.